The van der Waals surface area contributed by atoms with Gasteiger partial charge in [0.05, 0.1) is 18.6 Å². The van der Waals surface area contributed by atoms with Crippen LogP contribution in [0.15, 0.2) is 36.4 Å². The van der Waals surface area contributed by atoms with Crippen LogP contribution in [0.4, 0.5) is 0 Å². The third kappa shape index (κ3) is 5.74. The van der Waals surface area contributed by atoms with Gasteiger partial charge in [-0.05, 0) is 30.4 Å². The van der Waals surface area contributed by atoms with Crippen molar-refractivity contribution < 1.29 is 9.47 Å². The largest absolute Gasteiger partial charge is 0.493 e. The van der Waals surface area contributed by atoms with Crippen molar-refractivity contribution >= 4 is 10.8 Å². The second kappa shape index (κ2) is 11.0. The van der Waals surface area contributed by atoms with Crippen LogP contribution in [0, 0.1) is 0 Å². The highest BCUT2D eigenvalue weighted by Crippen LogP contribution is 2.34. The minimum absolute atomic E-state index is 0.782. The summed E-state index contributed by atoms with van der Waals surface area (Å²) in [5.41, 5.74) is 0. The van der Waals surface area contributed by atoms with Crippen LogP contribution in [0.2, 0.25) is 0 Å². The van der Waals surface area contributed by atoms with Crippen molar-refractivity contribution in [2.24, 2.45) is 0 Å². The molecule has 0 saturated heterocycles. The van der Waals surface area contributed by atoms with E-state index in [1.807, 2.05) is 0 Å². The van der Waals surface area contributed by atoms with E-state index in [4.69, 9.17) is 9.47 Å². The molecule has 0 spiro atoms. The van der Waals surface area contributed by atoms with E-state index < -0.39 is 0 Å². The molecule has 0 aliphatic heterocycles. The minimum Gasteiger partial charge on any atom is -0.493 e. The van der Waals surface area contributed by atoms with Gasteiger partial charge < -0.3 is 9.47 Å². The standard InChI is InChI=1S/C22H32O2/c1-3-5-7-9-17-23-20-15-11-13-19-14-12-16-21(22(19)20)24-18-10-8-6-4-2/h11-16H,3-10,17-18H2,1-2H3. The van der Waals surface area contributed by atoms with Crippen molar-refractivity contribution in [3.05, 3.63) is 36.4 Å². The van der Waals surface area contributed by atoms with Gasteiger partial charge in [-0.15, -0.1) is 0 Å². The zero-order chi connectivity index (χ0) is 17.0. The molecule has 0 aliphatic carbocycles. The van der Waals surface area contributed by atoms with Crippen molar-refractivity contribution in [3.8, 4) is 11.5 Å². The molecule has 2 aromatic rings. The molecule has 0 aromatic heterocycles. The van der Waals surface area contributed by atoms with Crippen LogP contribution in [0.25, 0.3) is 10.8 Å². The molecule has 0 aliphatic rings. The van der Waals surface area contributed by atoms with Crippen molar-refractivity contribution in [2.45, 2.75) is 65.2 Å². The Morgan fingerprint density at radius 2 is 1.12 bits per heavy atom. The number of benzene rings is 2. The maximum absolute atomic E-state index is 6.07. The minimum atomic E-state index is 0.782. The summed E-state index contributed by atoms with van der Waals surface area (Å²) in [6.45, 7) is 6.03. The molecule has 0 heterocycles. The first-order valence-corrected chi connectivity index (χ1v) is 9.64. The second-order valence-corrected chi connectivity index (χ2v) is 6.43. The summed E-state index contributed by atoms with van der Waals surface area (Å²) >= 11 is 0. The summed E-state index contributed by atoms with van der Waals surface area (Å²) in [5, 5.41) is 2.30. The van der Waals surface area contributed by atoms with Crippen molar-refractivity contribution in [1.82, 2.24) is 0 Å². The van der Waals surface area contributed by atoms with Gasteiger partial charge in [-0.25, -0.2) is 0 Å². The van der Waals surface area contributed by atoms with Gasteiger partial charge in [-0.2, -0.15) is 0 Å². The number of rotatable bonds is 12. The van der Waals surface area contributed by atoms with E-state index in [2.05, 4.69) is 50.2 Å². The Morgan fingerprint density at radius 3 is 1.58 bits per heavy atom. The summed E-state index contributed by atoms with van der Waals surface area (Å²) in [6.07, 6.45) is 9.78. The zero-order valence-electron chi connectivity index (χ0n) is 15.4. The normalized spacial score (nSPS) is 10.9. The molecule has 132 valence electrons. The fourth-order valence-corrected chi connectivity index (χ4v) is 2.94. The van der Waals surface area contributed by atoms with Gasteiger partial charge in [0.15, 0.2) is 0 Å². The van der Waals surface area contributed by atoms with Gasteiger partial charge in [-0.1, -0.05) is 76.6 Å². The second-order valence-electron chi connectivity index (χ2n) is 6.43. The lowest BCUT2D eigenvalue weighted by molar-refractivity contribution is 0.298. The summed E-state index contributed by atoms with van der Waals surface area (Å²) in [4.78, 5) is 0. The van der Waals surface area contributed by atoms with Crippen molar-refractivity contribution in [3.63, 3.8) is 0 Å². The Morgan fingerprint density at radius 1 is 0.625 bits per heavy atom. The monoisotopic (exact) mass is 328 g/mol. The quantitative estimate of drug-likeness (QED) is 0.401. The number of hydrogen-bond acceptors (Lipinski definition) is 2. The number of ether oxygens (including phenoxy) is 2. The molecule has 0 saturated carbocycles. The van der Waals surface area contributed by atoms with Gasteiger partial charge in [0, 0.05) is 0 Å². The zero-order valence-corrected chi connectivity index (χ0v) is 15.4. The van der Waals surface area contributed by atoms with E-state index in [0.717, 1.165) is 42.9 Å². The molecular weight excluding hydrogens is 296 g/mol. The molecule has 0 bridgehead atoms. The maximum Gasteiger partial charge on any atom is 0.130 e. The van der Waals surface area contributed by atoms with Crippen LogP contribution < -0.4 is 9.47 Å². The topological polar surface area (TPSA) is 18.5 Å². The van der Waals surface area contributed by atoms with E-state index in [-0.39, 0.29) is 0 Å². The lowest BCUT2D eigenvalue weighted by Crippen LogP contribution is -2.01. The highest BCUT2D eigenvalue weighted by molar-refractivity contribution is 5.93. The molecule has 24 heavy (non-hydrogen) atoms. The third-order valence-electron chi connectivity index (χ3n) is 4.34. The predicted molar refractivity (Wildman–Crippen MR) is 103 cm³/mol. The molecule has 0 atom stereocenters. The predicted octanol–water partition coefficient (Wildman–Crippen LogP) is 6.76. The van der Waals surface area contributed by atoms with Crippen molar-refractivity contribution in [1.29, 1.82) is 0 Å². The third-order valence-corrected chi connectivity index (χ3v) is 4.34. The van der Waals surface area contributed by atoms with Gasteiger partial charge in [0.25, 0.3) is 0 Å². The maximum atomic E-state index is 6.07. The number of fused-ring (bicyclic) bond motifs is 1. The number of hydrogen-bond donors (Lipinski definition) is 0. The lowest BCUT2D eigenvalue weighted by Gasteiger charge is -2.14. The summed E-state index contributed by atoms with van der Waals surface area (Å²) in [5.74, 6) is 1.90. The molecule has 0 unspecified atom stereocenters. The molecule has 0 amide bonds. The Kier molecular flexibility index (Phi) is 8.51. The SMILES string of the molecule is CCCCCCOc1cccc2cccc(OCCCCCC)c12. The highest BCUT2D eigenvalue weighted by Gasteiger charge is 2.08. The first kappa shape index (κ1) is 18.6. The first-order chi connectivity index (χ1) is 11.9. The Labute approximate surface area is 147 Å². The van der Waals surface area contributed by atoms with Gasteiger partial charge in [-0.3, -0.25) is 0 Å². The highest BCUT2D eigenvalue weighted by atomic mass is 16.5. The Bertz CT molecular complexity index is 543. The van der Waals surface area contributed by atoms with Crippen LogP contribution in [-0.4, -0.2) is 13.2 Å². The molecule has 2 rings (SSSR count). The van der Waals surface area contributed by atoms with Gasteiger partial charge >= 0.3 is 0 Å². The molecule has 0 radical (unpaired) electrons. The van der Waals surface area contributed by atoms with Gasteiger partial charge in [0.2, 0.25) is 0 Å². The average Bonchev–Trinajstić information content (AvgIpc) is 2.61. The van der Waals surface area contributed by atoms with E-state index in [1.54, 1.807) is 0 Å². The van der Waals surface area contributed by atoms with Crippen LogP contribution >= 0.6 is 0 Å². The molecule has 0 N–H and O–H groups in total. The van der Waals surface area contributed by atoms with E-state index >= 15 is 0 Å². The van der Waals surface area contributed by atoms with Crippen LogP contribution in [0.1, 0.15) is 65.2 Å². The molecule has 2 aromatic carbocycles. The average molecular weight is 328 g/mol. The smallest absolute Gasteiger partial charge is 0.130 e. The van der Waals surface area contributed by atoms with E-state index in [0.29, 0.717) is 0 Å². The first-order valence-electron chi connectivity index (χ1n) is 9.64. The summed E-state index contributed by atoms with van der Waals surface area (Å²) in [6, 6.07) is 12.5. The Hall–Kier alpha value is -1.70. The molecule has 2 heteroatoms. The fraction of sp³-hybridized carbons (Fsp3) is 0.545. The van der Waals surface area contributed by atoms with Crippen LogP contribution in [-0.2, 0) is 0 Å². The van der Waals surface area contributed by atoms with E-state index in [1.165, 1.54) is 43.9 Å². The molecular formula is C22H32O2. The van der Waals surface area contributed by atoms with E-state index in [9.17, 15) is 0 Å². The molecule has 2 nitrogen and oxygen atoms in total. The lowest BCUT2D eigenvalue weighted by atomic mass is 10.1. The van der Waals surface area contributed by atoms with Gasteiger partial charge in [0.1, 0.15) is 11.5 Å². The Balaban J connectivity index is 2.01. The van der Waals surface area contributed by atoms with Crippen molar-refractivity contribution in [2.75, 3.05) is 13.2 Å². The summed E-state index contributed by atoms with van der Waals surface area (Å²) < 4.78 is 12.1. The fourth-order valence-electron chi connectivity index (χ4n) is 2.94. The van der Waals surface area contributed by atoms with Crippen LogP contribution in [0.5, 0.6) is 11.5 Å². The number of unbranched alkanes of at least 4 members (excludes halogenated alkanes) is 6. The summed E-state index contributed by atoms with van der Waals surface area (Å²) in [7, 11) is 0. The van der Waals surface area contributed by atoms with Crippen LogP contribution in [0.3, 0.4) is 0 Å². The molecule has 0 fully saturated rings.